The van der Waals surface area contributed by atoms with E-state index in [0.29, 0.717) is 13.1 Å². The zero-order chi connectivity index (χ0) is 16.9. The van der Waals surface area contributed by atoms with E-state index in [-0.39, 0.29) is 17.6 Å². The number of carbonyl (C=O) groups excluding carboxylic acids is 1. The number of aliphatic hydroxyl groups is 1. The number of benzene rings is 1. The van der Waals surface area contributed by atoms with E-state index in [1.807, 2.05) is 27.8 Å². The van der Waals surface area contributed by atoms with Crippen molar-refractivity contribution in [3.63, 3.8) is 0 Å². The van der Waals surface area contributed by atoms with E-state index < -0.39 is 6.10 Å². The Morgan fingerprint density at radius 2 is 1.96 bits per heavy atom. The first-order valence-corrected chi connectivity index (χ1v) is 9.00. The lowest BCUT2D eigenvalue weighted by atomic mass is 9.87. The zero-order valence-electron chi connectivity index (χ0n) is 13.3. The molecule has 1 amide bonds. The van der Waals surface area contributed by atoms with Crippen LogP contribution >= 0.6 is 11.3 Å². The number of piperidine rings is 1. The number of amides is 1. The van der Waals surface area contributed by atoms with E-state index in [0.717, 1.165) is 24.0 Å². The van der Waals surface area contributed by atoms with Crippen LogP contribution in [0.25, 0.3) is 6.08 Å². The Bertz CT molecular complexity index is 689. The van der Waals surface area contributed by atoms with Crippen molar-refractivity contribution in [2.24, 2.45) is 5.92 Å². The first kappa shape index (κ1) is 16.9. The number of aliphatic hydroxyl groups excluding tert-OH is 1. The molecule has 1 aromatic heterocycles. The highest BCUT2D eigenvalue weighted by Crippen LogP contribution is 2.30. The van der Waals surface area contributed by atoms with Gasteiger partial charge in [-0.05, 0) is 64.9 Å². The van der Waals surface area contributed by atoms with E-state index in [1.165, 1.54) is 12.1 Å². The third-order valence-corrected chi connectivity index (χ3v) is 5.17. The van der Waals surface area contributed by atoms with Crippen molar-refractivity contribution in [1.82, 2.24) is 4.90 Å². The standard InChI is InChI=1S/C19H20FNO2S/c20-17-4-2-15(3-5-17)19(23)16-7-10-21(11-8-16)18(22)6-1-14-9-12-24-13-14/h1-6,9,12-13,16,19,23H,7-8,10-11H2/b6-1-/t19-/m1/s1. The van der Waals surface area contributed by atoms with Crippen molar-refractivity contribution < 1.29 is 14.3 Å². The number of likely N-dealkylation sites (tertiary alicyclic amines) is 1. The van der Waals surface area contributed by atoms with Crippen molar-refractivity contribution >= 4 is 23.3 Å². The van der Waals surface area contributed by atoms with Gasteiger partial charge in [0.2, 0.25) is 5.91 Å². The molecule has 3 rings (SSSR count). The van der Waals surface area contributed by atoms with E-state index in [9.17, 15) is 14.3 Å². The second kappa shape index (κ2) is 7.73. The topological polar surface area (TPSA) is 40.5 Å². The fourth-order valence-corrected chi connectivity index (χ4v) is 3.64. The molecule has 2 heterocycles. The van der Waals surface area contributed by atoms with Crippen molar-refractivity contribution in [1.29, 1.82) is 0 Å². The molecule has 1 fully saturated rings. The van der Waals surface area contributed by atoms with E-state index >= 15 is 0 Å². The third kappa shape index (κ3) is 4.10. The highest BCUT2D eigenvalue weighted by molar-refractivity contribution is 7.08. The lowest BCUT2D eigenvalue weighted by Gasteiger charge is -2.34. The van der Waals surface area contributed by atoms with Gasteiger partial charge in [-0.25, -0.2) is 4.39 Å². The Morgan fingerprint density at radius 3 is 2.58 bits per heavy atom. The molecule has 1 aliphatic rings. The summed E-state index contributed by atoms with van der Waals surface area (Å²) in [4.78, 5) is 14.0. The summed E-state index contributed by atoms with van der Waals surface area (Å²) in [5.74, 6) is -0.194. The van der Waals surface area contributed by atoms with Crippen molar-refractivity contribution in [2.45, 2.75) is 18.9 Å². The van der Waals surface area contributed by atoms with E-state index in [1.54, 1.807) is 29.5 Å². The second-order valence-electron chi connectivity index (χ2n) is 6.05. The molecule has 1 aromatic carbocycles. The maximum Gasteiger partial charge on any atom is 0.246 e. The maximum absolute atomic E-state index is 13.0. The Labute approximate surface area is 145 Å². The molecule has 0 bridgehead atoms. The smallest absolute Gasteiger partial charge is 0.246 e. The van der Waals surface area contributed by atoms with Crippen LogP contribution in [0.3, 0.4) is 0 Å². The van der Waals surface area contributed by atoms with E-state index in [2.05, 4.69) is 0 Å². The van der Waals surface area contributed by atoms with Gasteiger partial charge in [0.05, 0.1) is 6.10 Å². The summed E-state index contributed by atoms with van der Waals surface area (Å²) in [6.07, 6.45) is 4.33. The van der Waals surface area contributed by atoms with Gasteiger partial charge >= 0.3 is 0 Å². The molecular formula is C19H20FNO2S. The molecule has 0 spiro atoms. The normalized spacial score (nSPS) is 17.3. The molecule has 1 N–H and O–H groups in total. The zero-order valence-corrected chi connectivity index (χ0v) is 14.1. The van der Waals surface area contributed by atoms with Crippen LogP contribution in [0, 0.1) is 11.7 Å². The Kier molecular flexibility index (Phi) is 5.43. The van der Waals surface area contributed by atoms with Gasteiger partial charge in [0.15, 0.2) is 0 Å². The molecule has 3 nitrogen and oxygen atoms in total. The molecule has 126 valence electrons. The predicted molar refractivity (Wildman–Crippen MR) is 94.0 cm³/mol. The van der Waals surface area contributed by atoms with Crippen LogP contribution < -0.4 is 0 Å². The summed E-state index contributed by atoms with van der Waals surface area (Å²) in [7, 11) is 0. The van der Waals surface area contributed by atoms with Crippen LogP contribution in [0.2, 0.25) is 0 Å². The van der Waals surface area contributed by atoms with Crippen LogP contribution in [0.4, 0.5) is 4.39 Å². The van der Waals surface area contributed by atoms with Gasteiger partial charge < -0.3 is 10.0 Å². The largest absolute Gasteiger partial charge is 0.388 e. The molecule has 1 aliphatic heterocycles. The minimum Gasteiger partial charge on any atom is -0.388 e. The molecule has 0 saturated carbocycles. The van der Waals surface area contributed by atoms with Crippen LogP contribution in [-0.2, 0) is 4.79 Å². The first-order chi connectivity index (χ1) is 11.6. The first-order valence-electron chi connectivity index (χ1n) is 8.06. The van der Waals surface area contributed by atoms with Gasteiger partial charge in [-0.1, -0.05) is 12.1 Å². The number of nitrogens with zero attached hydrogens (tertiary/aromatic N) is 1. The molecule has 1 saturated heterocycles. The Balaban J connectivity index is 1.53. The number of hydrogen-bond acceptors (Lipinski definition) is 3. The SMILES string of the molecule is O=C(/C=C\c1ccsc1)N1CCC([C@H](O)c2ccc(F)cc2)CC1. The van der Waals surface area contributed by atoms with Gasteiger partial charge in [0.1, 0.15) is 5.82 Å². The summed E-state index contributed by atoms with van der Waals surface area (Å²) in [6.45, 7) is 1.27. The van der Waals surface area contributed by atoms with Gasteiger partial charge in [0.25, 0.3) is 0 Å². The monoisotopic (exact) mass is 345 g/mol. The summed E-state index contributed by atoms with van der Waals surface area (Å²) in [5.41, 5.74) is 1.77. The van der Waals surface area contributed by atoms with Crippen LogP contribution in [-0.4, -0.2) is 29.0 Å². The number of thiophene rings is 1. The average molecular weight is 345 g/mol. The number of hydrogen-bond donors (Lipinski definition) is 1. The van der Waals surface area contributed by atoms with E-state index in [4.69, 9.17) is 0 Å². The van der Waals surface area contributed by atoms with Gasteiger partial charge in [-0.15, -0.1) is 0 Å². The molecule has 2 aromatic rings. The van der Waals surface area contributed by atoms with Gasteiger partial charge in [-0.3, -0.25) is 4.79 Å². The Hall–Kier alpha value is -1.98. The Morgan fingerprint density at radius 1 is 1.25 bits per heavy atom. The second-order valence-corrected chi connectivity index (χ2v) is 6.83. The lowest BCUT2D eigenvalue weighted by Crippen LogP contribution is -2.38. The molecule has 5 heteroatoms. The summed E-state index contributed by atoms with van der Waals surface area (Å²) >= 11 is 1.60. The molecular weight excluding hydrogens is 325 g/mol. The molecule has 0 radical (unpaired) electrons. The van der Waals surface area contributed by atoms with Gasteiger partial charge in [0, 0.05) is 19.2 Å². The minimum absolute atomic E-state index is 0.0101. The van der Waals surface area contributed by atoms with Crippen LogP contribution in [0.1, 0.15) is 30.1 Å². The number of rotatable bonds is 4. The fraction of sp³-hybridized carbons (Fsp3) is 0.316. The third-order valence-electron chi connectivity index (χ3n) is 4.47. The number of halogens is 1. The summed E-state index contributed by atoms with van der Waals surface area (Å²) in [5, 5.41) is 14.4. The summed E-state index contributed by atoms with van der Waals surface area (Å²) < 4.78 is 13.0. The number of carbonyl (C=O) groups is 1. The van der Waals surface area contributed by atoms with Crippen molar-refractivity contribution in [2.75, 3.05) is 13.1 Å². The molecule has 1 atom stereocenters. The highest BCUT2D eigenvalue weighted by atomic mass is 32.1. The lowest BCUT2D eigenvalue weighted by molar-refractivity contribution is -0.127. The van der Waals surface area contributed by atoms with Gasteiger partial charge in [-0.2, -0.15) is 11.3 Å². The maximum atomic E-state index is 13.0. The predicted octanol–water partition coefficient (Wildman–Crippen LogP) is 3.87. The molecule has 24 heavy (non-hydrogen) atoms. The average Bonchev–Trinajstić information content (AvgIpc) is 3.13. The van der Waals surface area contributed by atoms with Crippen molar-refractivity contribution in [3.05, 3.63) is 64.1 Å². The van der Waals surface area contributed by atoms with Crippen LogP contribution in [0.5, 0.6) is 0 Å². The minimum atomic E-state index is -0.607. The van der Waals surface area contributed by atoms with Crippen LogP contribution in [0.15, 0.2) is 47.2 Å². The summed E-state index contributed by atoms with van der Waals surface area (Å²) in [6, 6.07) is 7.96. The molecule has 0 unspecified atom stereocenters. The molecule has 0 aliphatic carbocycles. The van der Waals surface area contributed by atoms with Crippen molar-refractivity contribution in [3.8, 4) is 0 Å². The quantitative estimate of drug-likeness (QED) is 0.855. The fourth-order valence-electron chi connectivity index (χ4n) is 3.01. The highest BCUT2D eigenvalue weighted by Gasteiger charge is 2.27.